The summed E-state index contributed by atoms with van der Waals surface area (Å²) < 4.78 is 6.17. The van der Waals surface area contributed by atoms with Gasteiger partial charge in [0.05, 0.1) is 11.4 Å². The summed E-state index contributed by atoms with van der Waals surface area (Å²) in [5, 5.41) is 2.17. The van der Waals surface area contributed by atoms with Crippen molar-refractivity contribution in [3.8, 4) is 56.2 Å². The zero-order valence-electron chi connectivity index (χ0n) is 28.0. The lowest BCUT2D eigenvalue weighted by molar-refractivity contribution is 0.669. The van der Waals surface area contributed by atoms with E-state index in [2.05, 4.69) is 153 Å². The highest BCUT2D eigenvalue weighted by Gasteiger charge is 2.42. The van der Waals surface area contributed by atoms with Gasteiger partial charge in [-0.25, -0.2) is 9.97 Å². The maximum absolute atomic E-state index is 6.17. The van der Waals surface area contributed by atoms with Crippen molar-refractivity contribution in [2.45, 2.75) is 12.3 Å². The highest BCUT2D eigenvalue weighted by molar-refractivity contribution is 6.06. The lowest BCUT2D eigenvalue weighted by Gasteiger charge is -2.30. The third-order valence-electron chi connectivity index (χ3n) is 10.6. The van der Waals surface area contributed by atoms with Crippen LogP contribution < -0.4 is 0 Å². The molecule has 1 aliphatic rings. The summed E-state index contributed by atoms with van der Waals surface area (Å²) in [5.41, 5.74) is 15.0. The smallest absolute Gasteiger partial charge is 0.160 e. The molecule has 3 heteroatoms. The van der Waals surface area contributed by atoms with Crippen molar-refractivity contribution >= 4 is 21.9 Å². The van der Waals surface area contributed by atoms with Gasteiger partial charge in [0.15, 0.2) is 5.82 Å². The molecule has 0 amide bonds. The molecule has 9 aromatic rings. The quantitative estimate of drug-likeness (QED) is 0.186. The van der Waals surface area contributed by atoms with Crippen LogP contribution >= 0.6 is 0 Å². The molecule has 1 atom stereocenters. The minimum absolute atomic E-state index is 0.342. The van der Waals surface area contributed by atoms with Crippen LogP contribution in [0, 0.1) is 0 Å². The zero-order valence-corrected chi connectivity index (χ0v) is 28.0. The summed E-state index contributed by atoms with van der Waals surface area (Å²) in [6.45, 7) is 2.38. The molecule has 0 N–H and O–H groups in total. The zero-order chi connectivity index (χ0) is 33.9. The van der Waals surface area contributed by atoms with Crippen molar-refractivity contribution in [2.75, 3.05) is 0 Å². The van der Waals surface area contributed by atoms with E-state index in [4.69, 9.17) is 14.4 Å². The molecule has 7 aromatic carbocycles. The summed E-state index contributed by atoms with van der Waals surface area (Å²) in [6.07, 6.45) is 0. The Morgan fingerprint density at radius 3 is 1.86 bits per heavy atom. The maximum atomic E-state index is 6.17. The van der Waals surface area contributed by atoms with E-state index >= 15 is 0 Å². The Bertz CT molecular complexity index is 2760. The Labute approximate surface area is 296 Å². The fraction of sp³-hybridized carbons (Fsp3) is 0.0417. The van der Waals surface area contributed by atoms with Gasteiger partial charge >= 0.3 is 0 Å². The molecule has 0 bridgehead atoms. The molecule has 1 aliphatic carbocycles. The number of hydrogen-bond donors (Lipinski definition) is 0. The normalized spacial score (nSPS) is 14.8. The second kappa shape index (κ2) is 11.5. The van der Waals surface area contributed by atoms with Gasteiger partial charge in [-0.2, -0.15) is 0 Å². The number of nitrogens with zero attached hydrogens (tertiary/aromatic N) is 2. The molecular formula is C48H32N2O. The van der Waals surface area contributed by atoms with Crippen molar-refractivity contribution in [2.24, 2.45) is 0 Å². The van der Waals surface area contributed by atoms with E-state index < -0.39 is 0 Å². The molecule has 51 heavy (non-hydrogen) atoms. The number of benzene rings is 7. The van der Waals surface area contributed by atoms with Gasteiger partial charge in [0.1, 0.15) is 11.2 Å². The van der Waals surface area contributed by atoms with Gasteiger partial charge in [0.2, 0.25) is 0 Å². The van der Waals surface area contributed by atoms with Crippen molar-refractivity contribution in [3.63, 3.8) is 0 Å². The van der Waals surface area contributed by atoms with E-state index in [1.807, 2.05) is 30.3 Å². The van der Waals surface area contributed by atoms with Crippen LogP contribution in [0.15, 0.2) is 180 Å². The predicted molar refractivity (Wildman–Crippen MR) is 208 cm³/mol. The molecular weight excluding hydrogens is 621 g/mol. The van der Waals surface area contributed by atoms with Crippen LogP contribution in [0.5, 0.6) is 0 Å². The Balaban J connectivity index is 1.21. The van der Waals surface area contributed by atoms with Gasteiger partial charge in [-0.1, -0.05) is 146 Å². The van der Waals surface area contributed by atoms with Crippen LogP contribution in [0.3, 0.4) is 0 Å². The number of para-hydroxylation sites is 1. The van der Waals surface area contributed by atoms with Crippen LogP contribution in [-0.2, 0) is 5.41 Å². The first-order valence-corrected chi connectivity index (χ1v) is 17.4. The van der Waals surface area contributed by atoms with Crippen molar-refractivity contribution < 1.29 is 4.42 Å². The average Bonchev–Trinajstić information content (AvgIpc) is 3.71. The number of rotatable bonds is 5. The second-order valence-corrected chi connectivity index (χ2v) is 13.4. The maximum Gasteiger partial charge on any atom is 0.160 e. The van der Waals surface area contributed by atoms with E-state index in [0.717, 1.165) is 55.6 Å². The standard InChI is InChI=1S/C48H32N2O/c1-48(33-17-6-3-7-18-33)41-25-12-10-20-35(41)39-24-14-23-38(46(39)48)34-19-8-9-21-36(34)43-30-42(49-47(50-43)31-15-4-2-5-16-31)32-27-28-45-40(29-32)37-22-11-13-26-44(37)51-45/h2-30H,1H3. The minimum Gasteiger partial charge on any atom is -0.456 e. The van der Waals surface area contributed by atoms with Crippen LogP contribution in [0.1, 0.15) is 23.6 Å². The van der Waals surface area contributed by atoms with Gasteiger partial charge in [-0.05, 0) is 76.2 Å². The number of furan rings is 1. The predicted octanol–water partition coefficient (Wildman–Crippen LogP) is 12.4. The number of hydrogen-bond acceptors (Lipinski definition) is 3. The van der Waals surface area contributed by atoms with Gasteiger partial charge in [0, 0.05) is 32.9 Å². The molecule has 0 saturated heterocycles. The van der Waals surface area contributed by atoms with Crippen LogP contribution in [0.2, 0.25) is 0 Å². The largest absolute Gasteiger partial charge is 0.456 e. The van der Waals surface area contributed by atoms with Gasteiger partial charge in [-0.3, -0.25) is 0 Å². The van der Waals surface area contributed by atoms with Crippen LogP contribution in [0.4, 0.5) is 0 Å². The van der Waals surface area contributed by atoms with E-state index in [0.29, 0.717) is 5.82 Å². The lowest BCUT2D eigenvalue weighted by Crippen LogP contribution is -2.23. The molecule has 3 nitrogen and oxygen atoms in total. The third kappa shape index (κ3) is 4.59. The van der Waals surface area contributed by atoms with E-state index in [1.54, 1.807) is 0 Å². The Morgan fingerprint density at radius 2 is 1.04 bits per heavy atom. The topological polar surface area (TPSA) is 38.9 Å². The Hall–Kier alpha value is -6.58. The summed E-state index contributed by atoms with van der Waals surface area (Å²) in [4.78, 5) is 10.5. The van der Waals surface area contributed by atoms with Crippen LogP contribution in [-0.4, -0.2) is 9.97 Å². The van der Waals surface area contributed by atoms with E-state index in [-0.39, 0.29) is 5.41 Å². The summed E-state index contributed by atoms with van der Waals surface area (Å²) in [6, 6.07) is 62.2. The van der Waals surface area contributed by atoms with E-state index in [1.165, 1.54) is 33.4 Å². The molecule has 0 aliphatic heterocycles. The summed E-state index contributed by atoms with van der Waals surface area (Å²) in [7, 11) is 0. The Morgan fingerprint density at radius 1 is 0.431 bits per heavy atom. The van der Waals surface area contributed by atoms with Gasteiger partial charge in [0.25, 0.3) is 0 Å². The molecule has 10 rings (SSSR count). The van der Waals surface area contributed by atoms with Crippen molar-refractivity contribution in [1.82, 2.24) is 9.97 Å². The molecule has 2 heterocycles. The number of fused-ring (bicyclic) bond motifs is 6. The van der Waals surface area contributed by atoms with Crippen molar-refractivity contribution in [1.29, 1.82) is 0 Å². The van der Waals surface area contributed by atoms with Crippen molar-refractivity contribution in [3.05, 3.63) is 193 Å². The molecule has 2 aromatic heterocycles. The third-order valence-corrected chi connectivity index (χ3v) is 10.6. The van der Waals surface area contributed by atoms with Crippen LogP contribution in [0.25, 0.3) is 78.1 Å². The highest BCUT2D eigenvalue weighted by Crippen LogP contribution is 2.56. The van der Waals surface area contributed by atoms with E-state index in [9.17, 15) is 0 Å². The van der Waals surface area contributed by atoms with Gasteiger partial charge < -0.3 is 4.42 Å². The monoisotopic (exact) mass is 652 g/mol. The molecule has 240 valence electrons. The highest BCUT2D eigenvalue weighted by atomic mass is 16.3. The van der Waals surface area contributed by atoms with Gasteiger partial charge in [-0.15, -0.1) is 0 Å². The average molecular weight is 653 g/mol. The fourth-order valence-electron chi connectivity index (χ4n) is 8.18. The molecule has 0 saturated carbocycles. The molecule has 1 unspecified atom stereocenters. The number of aromatic nitrogens is 2. The second-order valence-electron chi connectivity index (χ2n) is 13.4. The molecule has 0 spiro atoms. The minimum atomic E-state index is -0.342. The molecule has 0 fully saturated rings. The first kappa shape index (κ1) is 29.3. The first-order chi connectivity index (χ1) is 25.2. The fourth-order valence-corrected chi connectivity index (χ4v) is 8.18. The molecule has 0 radical (unpaired) electrons. The summed E-state index contributed by atoms with van der Waals surface area (Å²) >= 11 is 0. The lowest BCUT2D eigenvalue weighted by atomic mass is 9.71. The Kier molecular flexibility index (Phi) is 6.62. The summed E-state index contributed by atoms with van der Waals surface area (Å²) in [5.74, 6) is 0.690. The SMILES string of the molecule is CC1(c2ccccc2)c2ccccc2-c2cccc(-c3ccccc3-c3cc(-c4ccc5oc6ccccc6c5c4)nc(-c4ccccc4)n3)c21. The first-order valence-electron chi connectivity index (χ1n) is 17.4.